The normalized spacial score (nSPS) is 14.6. The van der Waals surface area contributed by atoms with Crippen LogP contribution < -0.4 is 0 Å². The first-order valence-corrected chi connectivity index (χ1v) is 6.58. The molecule has 0 saturated carbocycles. The molecule has 0 aromatic heterocycles. The minimum Gasteiger partial charge on any atom is -0.396 e. The molecule has 1 atom stereocenters. The van der Waals surface area contributed by atoms with Crippen LogP contribution in [0.4, 0.5) is 0 Å². The van der Waals surface area contributed by atoms with Crippen molar-refractivity contribution in [1.29, 1.82) is 0 Å². The van der Waals surface area contributed by atoms with Crippen LogP contribution in [0.3, 0.4) is 0 Å². The van der Waals surface area contributed by atoms with Crippen LogP contribution in [0.1, 0.15) is 59.3 Å². The zero-order valence-corrected chi connectivity index (χ0v) is 11.2. The van der Waals surface area contributed by atoms with E-state index >= 15 is 0 Å². The van der Waals surface area contributed by atoms with Gasteiger partial charge in [-0.3, -0.25) is 0 Å². The molecule has 1 heteroatoms. The number of unbranched alkanes of at least 4 members (excludes halogenated alkanes) is 2. The van der Waals surface area contributed by atoms with Gasteiger partial charge in [0.1, 0.15) is 0 Å². The summed E-state index contributed by atoms with van der Waals surface area (Å²) in [5.74, 6) is 0.778. The molecule has 0 heterocycles. The van der Waals surface area contributed by atoms with Gasteiger partial charge in [-0.25, -0.2) is 0 Å². The third-order valence-electron chi connectivity index (χ3n) is 2.85. The Balaban J connectivity index is 3.53. The van der Waals surface area contributed by atoms with Crippen molar-refractivity contribution in [1.82, 2.24) is 0 Å². The van der Waals surface area contributed by atoms with Gasteiger partial charge in [0.2, 0.25) is 0 Å². The lowest BCUT2D eigenvalue weighted by atomic mass is 9.95. The molecule has 0 aliphatic heterocycles. The fourth-order valence-corrected chi connectivity index (χ4v) is 1.97. The molecule has 0 saturated heterocycles. The van der Waals surface area contributed by atoms with E-state index in [0.29, 0.717) is 0 Å². The van der Waals surface area contributed by atoms with E-state index in [1.165, 1.54) is 37.7 Å². The van der Waals surface area contributed by atoms with Gasteiger partial charge in [-0.05, 0) is 45.4 Å². The lowest BCUT2D eigenvalue weighted by Gasteiger charge is -2.11. The van der Waals surface area contributed by atoms with E-state index in [1.807, 2.05) is 0 Å². The highest BCUT2D eigenvalue weighted by Gasteiger charge is 2.02. The zero-order valence-electron chi connectivity index (χ0n) is 11.2. The van der Waals surface area contributed by atoms with Crippen LogP contribution in [0.25, 0.3) is 0 Å². The van der Waals surface area contributed by atoms with Crippen molar-refractivity contribution < 1.29 is 5.11 Å². The molecule has 0 radical (unpaired) electrons. The Bertz CT molecular complexity index is 203. The molecule has 0 bridgehead atoms. The highest BCUT2D eigenvalue weighted by Crippen LogP contribution is 2.18. The molecule has 1 N–H and O–H groups in total. The van der Waals surface area contributed by atoms with E-state index in [4.69, 9.17) is 5.11 Å². The van der Waals surface area contributed by atoms with Crippen molar-refractivity contribution >= 4 is 0 Å². The minimum absolute atomic E-state index is 0.273. The van der Waals surface area contributed by atoms with Crippen LogP contribution in [0.5, 0.6) is 0 Å². The Morgan fingerprint density at radius 2 is 2.00 bits per heavy atom. The van der Waals surface area contributed by atoms with Crippen molar-refractivity contribution in [3.8, 4) is 0 Å². The number of hydrogen-bond acceptors (Lipinski definition) is 1. The molecule has 0 spiro atoms. The summed E-state index contributed by atoms with van der Waals surface area (Å²) in [6, 6.07) is 0. The molecule has 0 aliphatic carbocycles. The lowest BCUT2D eigenvalue weighted by molar-refractivity contribution is 0.302. The monoisotopic (exact) mass is 224 g/mol. The van der Waals surface area contributed by atoms with Crippen LogP contribution in [-0.2, 0) is 0 Å². The molecule has 0 fully saturated rings. The van der Waals surface area contributed by atoms with E-state index in [-0.39, 0.29) is 6.61 Å². The number of aliphatic hydroxyl groups is 1. The van der Waals surface area contributed by atoms with Crippen molar-refractivity contribution in [2.75, 3.05) is 6.61 Å². The van der Waals surface area contributed by atoms with E-state index in [0.717, 1.165) is 12.3 Å². The topological polar surface area (TPSA) is 20.2 Å². The third kappa shape index (κ3) is 9.97. The number of rotatable bonds is 9. The highest BCUT2D eigenvalue weighted by atomic mass is 16.2. The SMILES string of the molecule is C/C=C/CCCCC(C)C/C(C)=C/CCO. The Kier molecular flexibility index (Phi) is 10.6. The first kappa shape index (κ1) is 15.4. The maximum absolute atomic E-state index is 8.72. The molecule has 0 aliphatic rings. The minimum atomic E-state index is 0.273. The summed E-state index contributed by atoms with van der Waals surface area (Å²) < 4.78 is 0. The Morgan fingerprint density at radius 3 is 2.62 bits per heavy atom. The summed E-state index contributed by atoms with van der Waals surface area (Å²) in [5.41, 5.74) is 1.43. The number of aliphatic hydroxyl groups excluding tert-OH is 1. The van der Waals surface area contributed by atoms with Crippen LogP contribution >= 0.6 is 0 Å². The second-order valence-corrected chi connectivity index (χ2v) is 4.73. The second kappa shape index (κ2) is 10.9. The van der Waals surface area contributed by atoms with E-state index < -0.39 is 0 Å². The average molecular weight is 224 g/mol. The Morgan fingerprint density at radius 1 is 1.25 bits per heavy atom. The van der Waals surface area contributed by atoms with E-state index in [9.17, 15) is 0 Å². The lowest BCUT2D eigenvalue weighted by Crippen LogP contribution is -1.96. The summed E-state index contributed by atoms with van der Waals surface area (Å²) in [4.78, 5) is 0. The molecule has 1 unspecified atom stereocenters. The largest absolute Gasteiger partial charge is 0.396 e. The summed E-state index contributed by atoms with van der Waals surface area (Å²) in [5, 5.41) is 8.72. The fourth-order valence-electron chi connectivity index (χ4n) is 1.97. The first-order valence-electron chi connectivity index (χ1n) is 6.58. The predicted octanol–water partition coefficient (Wildman–Crippen LogP) is 4.48. The van der Waals surface area contributed by atoms with Crippen molar-refractivity contribution in [3.05, 3.63) is 23.8 Å². The van der Waals surface area contributed by atoms with Crippen LogP contribution in [0.2, 0.25) is 0 Å². The van der Waals surface area contributed by atoms with Gasteiger partial charge < -0.3 is 5.11 Å². The van der Waals surface area contributed by atoms with Crippen LogP contribution in [0, 0.1) is 5.92 Å². The molecule has 16 heavy (non-hydrogen) atoms. The van der Waals surface area contributed by atoms with Gasteiger partial charge in [0.05, 0.1) is 0 Å². The quantitative estimate of drug-likeness (QED) is 0.452. The molecular formula is C15H28O. The molecule has 1 nitrogen and oxygen atoms in total. The molecular weight excluding hydrogens is 196 g/mol. The fraction of sp³-hybridized carbons (Fsp3) is 0.733. The summed E-state index contributed by atoms with van der Waals surface area (Å²) in [6.07, 6.45) is 13.7. The van der Waals surface area contributed by atoms with E-state index in [2.05, 4.69) is 39.0 Å². The van der Waals surface area contributed by atoms with Crippen molar-refractivity contribution in [2.45, 2.75) is 59.3 Å². The maximum Gasteiger partial charge on any atom is 0.0465 e. The van der Waals surface area contributed by atoms with Crippen LogP contribution in [-0.4, -0.2) is 11.7 Å². The zero-order chi connectivity index (χ0) is 12.2. The summed E-state index contributed by atoms with van der Waals surface area (Å²) in [6.45, 7) is 6.85. The standard InChI is InChI=1S/C15H28O/c1-4-5-6-7-8-10-14(2)13-15(3)11-9-12-16/h4-5,11,14,16H,6-10,12-13H2,1-3H3/b5-4+,15-11+. The number of allylic oxidation sites excluding steroid dienone is 3. The molecule has 0 amide bonds. The predicted molar refractivity (Wildman–Crippen MR) is 72.5 cm³/mol. The first-order chi connectivity index (χ1) is 7.70. The van der Waals surface area contributed by atoms with Crippen molar-refractivity contribution in [2.24, 2.45) is 5.92 Å². The van der Waals surface area contributed by atoms with Gasteiger partial charge in [0, 0.05) is 6.61 Å². The Hall–Kier alpha value is -0.560. The van der Waals surface area contributed by atoms with Gasteiger partial charge in [0.15, 0.2) is 0 Å². The highest BCUT2D eigenvalue weighted by molar-refractivity contribution is 4.98. The Labute approximate surface area is 101 Å². The van der Waals surface area contributed by atoms with Crippen LogP contribution in [0.15, 0.2) is 23.8 Å². The molecule has 0 aromatic rings. The van der Waals surface area contributed by atoms with Gasteiger partial charge in [-0.15, -0.1) is 0 Å². The number of hydrogen-bond donors (Lipinski definition) is 1. The third-order valence-corrected chi connectivity index (χ3v) is 2.85. The molecule has 0 aromatic carbocycles. The molecule has 94 valence electrons. The van der Waals surface area contributed by atoms with Crippen molar-refractivity contribution in [3.63, 3.8) is 0 Å². The van der Waals surface area contributed by atoms with Gasteiger partial charge in [-0.2, -0.15) is 0 Å². The second-order valence-electron chi connectivity index (χ2n) is 4.73. The molecule has 0 rings (SSSR count). The summed E-state index contributed by atoms with van der Waals surface area (Å²) >= 11 is 0. The summed E-state index contributed by atoms with van der Waals surface area (Å²) in [7, 11) is 0. The van der Waals surface area contributed by atoms with E-state index in [1.54, 1.807) is 0 Å². The smallest absolute Gasteiger partial charge is 0.0465 e. The van der Waals surface area contributed by atoms with Gasteiger partial charge in [0.25, 0.3) is 0 Å². The van der Waals surface area contributed by atoms with Gasteiger partial charge in [-0.1, -0.05) is 43.6 Å². The average Bonchev–Trinajstić information content (AvgIpc) is 2.26. The maximum atomic E-state index is 8.72. The van der Waals surface area contributed by atoms with Gasteiger partial charge >= 0.3 is 0 Å².